The number of aromatic nitrogens is 4. The van der Waals surface area contributed by atoms with Gasteiger partial charge in [-0.1, -0.05) is 25.3 Å². The van der Waals surface area contributed by atoms with Crippen LogP contribution in [0.2, 0.25) is 0 Å². The molecule has 10 nitrogen and oxygen atoms in total. The molecule has 3 aromatic rings. The number of aromatic amines is 2. The highest BCUT2D eigenvalue weighted by Crippen LogP contribution is 2.38. The Hall–Kier alpha value is -5.51. The summed E-state index contributed by atoms with van der Waals surface area (Å²) >= 11 is 0. The molecule has 0 radical (unpaired) electrons. The lowest BCUT2D eigenvalue weighted by atomic mass is 9.98. The number of allylic oxidation sites excluding steroid dienone is 4. The molecule has 2 aliphatic heterocycles. The van der Waals surface area contributed by atoms with E-state index in [0.29, 0.717) is 29.2 Å². The molecule has 47 heavy (non-hydrogen) atoms. The summed E-state index contributed by atoms with van der Waals surface area (Å²) in [4.78, 5) is 52.7. The maximum Gasteiger partial charge on any atom is 0.325 e. The molecular weight excluding hydrogens is 594 g/mol. The van der Waals surface area contributed by atoms with Gasteiger partial charge in [0.25, 0.3) is 0 Å². The molecular formula is C37H39N5O5. The molecule has 1 amide bonds. The fourth-order valence-corrected chi connectivity index (χ4v) is 6.15. The van der Waals surface area contributed by atoms with Gasteiger partial charge in [0.15, 0.2) is 0 Å². The molecule has 0 aromatic carbocycles. The van der Waals surface area contributed by atoms with E-state index in [0.717, 1.165) is 66.6 Å². The predicted molar refractivity (Wildman–Crippen MR) is 187 cm³/mol. The molecule has 0 saturated heterocycles. The number of nitrogens with one attached hydrogen (secondary N) is 3. The third-order valence-electron chi connectivity index (χ3n) is 8.98. The molecule has 5 N–H and O–H groups in total. The molecule has 8 bridgehead atoms. The standard InChI is InChI=1S/C37H39N5O5/c1-8-23-18(3)27-14-28-20(5)25(10-12-35(43)38-22(7)37(46)47)33(41-28)17-34-26(11-13-36(44)45)21(6)30(42-34)16-32-24(9-2)19(4)29(40-32)15-31(23)39-27/h8-9,14-17,22,39-40H,1-2,10-13H2,3-7H3,(H,38,43)(H,44,45)(H,46,47)/t22-/m0/s1. The Bertz CT molecular complexity index is 2090. The van der Waals surface area contributed by atoms with Gasteiger partial charge < -0.3 is 25.5 Å². The van der Waals surface area contributed by atoms with Crippen molar-refractivity contribution in [3.63, 3.8) is 0 Å². The van der Waals surface area contributed by atoms with Crippen molar-refractivity contribution in [3.8, 4) is 0 Å². The quantitative estimate of drug-likeness (QED) is 0.156. The van der Waals surface area contributed by atoms with Crippen LogP contribution in [-0.2, 0) is 14.4 Å². The zero-order chi connectivity index (χ0) is 34.2. The number of carboxylic acid groups (broad SMARTS) is 2. The Morgan fingerprint density at radius 2 is 1.21 bits per heavy atom. The molecule has 3 aromatic heterocycles. The molecule has 242 valence electrons. The zero-order valence-electron chi connectivity index (χ0n) is 27.3. The highest BCUT2D eigenvalue weighted by atomic mass is 16.4. The van der Waals surface area contributed by atoms with Crippen LogP contribution in [-0.4, -0.2) is 54.0 Å². The number of nitrogens with zero attached hydrogens (tertiary/aromatic N) is 2. The third kappa shape index (κ3) is 6.44. The Labute approximate surface area is 272 Å². The Morgan fingerprint density at radius 1 is 0.745 bits per heavy atom. The molecule has 1 atom stereocenters. The molecule has 0 fully saturated rings. The number of aryl methyl sites for hydroxylation is 2. The average Bonchev–Trinajstić information content (AvgIpc) is 3.67. The lowest BCUT2D eigenvalue weighted by Crippen LogP contribution is -2.38. The molecule has 2 aliphatic rings. The lowest BCUT2D eigenvalue weighted by molar-refractivity contribution is -0.141. The Kier molecular flexibility index (Phi) is 9.15. The van der Waals surface area contributed by atoms with Crippen molar-refractivity contribution in [2.75, 3.05) is 0 Å². The van der Waals surface area contributed by atoms with E-state index in [4.69, 9.17) is 9.97 Å². The van der Waals surface area contributed by atoms with Crippen molar-refractivity contribution < 1.29 is 24.6 Å². The number of carbonyl (C=O) groups excluding carboxylic acids is 1. The summed E-state index contributed by atoms with van der Waals surface area (Å²) in [6.45, 7) is 17.5. The molecule has 5 heterocycles. The molecule has 10 heteroatoms. The molecule has 0 aliphatic carbocycles. The number of fused-ring (bicyclic) bond motifs is 8. The van der Waals surface area contributed by atoms with E-state index in [2.05, 4.69) is 34.5 Å². The highest BCUT2D eigenvalue weighted by Gasteiger charge is 2.23. The van der Waals surface area contributed by atoms with Gasteiger partial charge in [-0.25, -0.2) is 9.97 Å². The monoisotopic (exact) mass is 633 g/mol. The number of carbonyl (C=O) groups is 3. The van der Waals surface area contributed by atoms with Crippen molar-refractivity contribution in [1.82, 2.24) is 25.3 Å². The van der Waals surface area contributed by atoms with E-state index in [-0.39, 0.29) is 25.2 Å². The minimum absolute atomic E-state index is 0.0582. The first-order valence-corrected chi connectivity index (χ1v) is 15.5. The van der Waals surface area contributed by atoms with Crippen molar-refractivity contribution >= 4 is 74.4 Å². The number of hydrogen-bond acceptors (Lipinski definition) is 5. The third-order valence-corrected chi connectivity index (χ3v) is 8.98. The number of rotatable bonds is 10. The average molecular weight is 634 g/mol. The summed E-state index contributed by atoms with van der Waals surface area (Å²) in [5.41, 5.74) is 13.4. The minimum atomic E-state index is -1.11. The maximum absolute atomic E-state index is 12.7. The van der Waals surface area contributed by atoms with Gasteiger partial charge >= 0.3 is 11.9 Å². The first-order valence-electron chi connectivity index (χ1n) is 15.5. The zero-order valence-corrected chi connectivity index (χ0v) is 27.3. The number of H-pyrrole nitrogens is 2. The van der Waals surface area contributed by atoms with Crippen LogP contribution >= 0.6 is 0 Å². The minimum Gasteiger partial charge on any atom is -0.481 e. The molecule has 5 rings (SSSR count). The number of aliphatic carboxylic acids is 2. The smallest absolute Gasteiger partial charge is 0.325 e. The summed E-state index contributed by atoms with van der Waals surface area (Å²) in [5.74, 6) is -2.40. The number of amides is 1. The first kappa shape index (κ1) is 32.9. The van der Waals surface area contributed by atoms with Crippen LogP contribution in [0.15, 0.2) is 37.4 Å². The fourth-order valence-electron chi connectivity index (χ4n) is 6.15. The van der Waals surface area contributed by atoms with Gasteiger partial charge in [0.2, 0.25) is 5.91 Å². The largest absolute Gasteiger partial charge is 0.481 e. The Morgan fingerprint density at radius 3 is 1.70 bits per heavy atom. The summed E-state index contributed by atoms with van der Waals surface area (Å²) < 4.78 is 0. The van der Waals surface area contributed by atoms with Crippen LogP contribution in [0.5, 0.6) is 0 Å². The second kappa shape index (κ2) is 13.1. The Balaban J connectivity index is 1.81. The summed E-state index contributed by atoms with van der Waals surface area (Å²) in [5, 5.41) is 21.3. The van der Waals surface area contributed by atoms with Crippen LogP contribution in [0.25, 0.3) is 56.5 Å². The molecule has 0 saturated carbocycles. The lowest BCUT2D eigenvalue weighted by Gasteiger charge is -2.10. The van der Waals surface area contributed by atoms with Crippen molar-refractivity contribution in [2.24, 2.45) is 0 Å². The topological polar surface area (TPSA) is 161 Å². The van der Waals surface area contributed by atoms with E-state index in [1.807, 2.05) is 58.0 Å². The first-order chi connectivity index (χ1) is 22.3. The van der Waals surface area contributed by atoms with Crippen LogP contribution in [0.4, 0.5) is 0 Å². The summed E-state index contributed by atoms with van der Waals surface area (Å²) in [6.07, 6.45) is 4.23. The molecule has 0 spiro atoms. The normalized spacial score (nSPS) is 13.5. The van der Waals surface area contributed by atoms with Crippen LogP contribution in [0.1, 0.15) is 91.5 Å². The maximum atomic E-state index is 12.7. The van der Waals surface area contributed by atoms with E-state index in [1.54, 1.807) is 0 Å². The van der Waals surface area contributed by atoms with Crippen LogP contribution in [0.3, 0.4) is 0 Å². The van der Waals surface area contributed by atoms with Gasteiger partial charge in [-0.05, 0) is 105 Å². The van der Waals surface area contributed by atoms with E-state index < -0.39 is 18.0 Å². The van der Waals surface area contributed by atoms with E-state index in [9.17, 15) is 24.6 Å². The van der Waals surface area contributed by atoms with Gasteiger partial charge in [0.1, 0.15) is 6.04 Å². The fraction of sp³-hybridized carbons (Fsp3) is 0.270. The number of carboxylic acids is 2. The van der Waals surface area contributed by atoms with Crippen molar-refractivity contribution in [1.29, 1.82) is 0 Å². The second-order valence-corrected chi connectivity index (χ2v) is 12.0. The van der Waals surface area contributed by atoms with Crippen molar-refractivity contribution in [2.45, 2.75) is 66.3 Å². The van der Waals surface area contributed by atoms with Gasteiger partial charge in [-0.3, -0.25) is 14.4 Å². The summed E-state index contributed by atoms with van der Waals surface area (Å²) in [6, 6.07) is 6.84. The molecule has 0 unspecified atom stereocenters. The highest BCUT2D eigenvalue weighted by molar-refractivity contribution is 5.97. The predicted octanol–water partition coefficient (Wildman–Crippen LogP) is 7.31. The van der Waals surface area contributed by atoms with Gasteiger partial charge in [0.05, 0.1) is 22.8 Å². The van der Waals surface area contributed by atoms with Crippen LogP contribution < -0.4 is 5.32 Å². The number of hydrogen-bond donors (Lipinski definition) is 5. The summed E-state index contributed by atoms with van der Waals surface area (Å²) in [7, 11) is 0. The van der Waals surface area contributed by atoms with E-state index in [1.165, 1.54) is 6.92 Å². The van der Waals surface area contributed by atoms with Crippen LogP contribution in [0, 0.1) is 13.8 Å². The van der Waals surface area contributed by atoms with E-state index >= 15 is 0 Å². The SMILES string of the molecule is C=Cc1c(C)c2cc3[nH]c(cc4nc(cc5nc(cc1[nH]2)C(C)=C5CCC(=O)O)C(CCC(=O)N[C@@H](C)C(=O)O)=C4C)c(C)c3C=C. The van der Waals surface area contributed by atoms with Gasteiger partial charge in [-0.15, -0.1) is 0 Å². The van der Waals surface area contributed by atoms with Gasteiger partial charge in [0, 0.05) is 46.0 Å². The second-order valence-electron chi connectivity index (χ2n) is 12.0. The van der Waals surface area contributed by atoms with Crippen molar-refractivity contribution in [3.05, 3.63) is 82.5 Å². The van der Waals surface area contributed by atoms with Gasteiger partial charge in [-0.2, -0.15) is 0 Å².